The number of methoxy groups -OCH3 is 1. The molecule has 0 saturated heterocycles. The quantitative estimate of drug-likeness (QED) is 0.605. The zero-order valence-corrected chi connectivity index (χ0v) is 14.5. The molecule has 3 rings (SSSR count). The summed E-state index contributed by atoms with van der Waals surface area (Å²) in [5, 5.41) is 9.27. The summed E-state index contributed by atoms with van der Waals surface area (Å²) in [6.45, 7) is 0.257. The number of nitrogens with one attached hydrogen (secondary N) is 2. The Kier molecular flexibility index (Phi) is 5.48. The fraction of sp³-hybridized carbons (Fsp3) is 0.211. The second-order valence-electron chi connectivity index (χ2n) is 5.86. The van der Waals surface area contributed by atoms with Gasteiger partial charge < -0.3 is 15.8 Å². The van der Waals surface area contributed by atoms with Crippen LogP contribution in [0.2, 0.25) is 0 Å². The summed E-state index contributed by atoms with van der Waals surface area (Å²) >= 11 is 0. The Hall–Kier alpha value is -3.35. The smallest absolute Gasteiger partial charge is 0.239 e. The molecule has 0 spiro atoms. The Balaban J connectivity index is 1.73. The maximum atomic E-state index is 12.5. The SMILES string of the molecule is COc1ccc([C@H](CC(=O)NCc2nc(N)n[nH]2)c2ccccc2)cc1. The first kappa shape index (κ1) is 17.5. The third kappa shape index (κ3) is 4.38. The van der Waals surface area contributed by atoms with Crippen LogP contribution >= 0.6 is 0 Å². The van der Waals surface area contributed by atoms with Crippen LogP contribution in [0.15, 0.2) is 54.6 Å². The number of nitrogens with two attached hydrogens (primary N) is 1. The summed E-state index contributed by atoms with van der Waals surface area (Å²) in [7, 11) is 1.63. The van der Waals surface area contributed by atoms with Crippen molar-refractivity contribution in [3.05, 3.63) is 71.5 Å². The number of carbonyl (C=O) groups excluding carboxylic acids is 1. The van der Waals surface area contributed by atoms with Gasteiger partial charge in [0.15, 0.2) is 0 Å². The first-order chi connectivity index (χ1) is 12.7. The number of benzene rings is 2. The van der Waals surface area contributed by atoms with E-state index in [4.69, 9.17) is 10.5 Å². The predicted molar refractivity (Wildman–Crippen MR) is 98.5 cm³/mol. The average Bonchev–Trinajstić information content (AvgIpc) is 3.10. The number of hydrogen-bond donors (Lipinski definition) is 3. The van der Waals surface area contributed by atoms with E-state index in [1.807, 2.05) is 54.6 Å². The van der Waals surface area contributed by atoms with Crippen LogP contribution in [0.25, 0.3) is 0 Å². The van der Waals surface area contributed by atoms with Crippen molar-refractivity contribution in [2.45, 2.75) is 18.9 Å². The topological polar surface area (TPSA) is 106 Å². The van der Waals surface area contributed by atoms with Gasteiger partial charge in [0, 0.05) is 12.3 Å². The minimum atomic E-state index is -0.0790. The molecule has 0 saturated carbocycles. The number of aromatic nitrogens is 3. The van der Waals surface area contributed by atoms with E-state index in [0.717, 1.165) is 16.9 Å². The number of rotatable bonds is 7. The molecule has 0 aliphatic heterocycles. The molecule has 3 aromatic rings. The molecule has 26 heavy (non-hydrogen) atoms. The molecule has 0 bridgehead atoms. The van der Waals surface area contributed by atoms with E-state index in [-0.39, 0.29) is 24.3 Å². The minimum absolute atomic E-state index is 0.0538. The fourth-order valence-electron chi connectivity index (χ4n) is 2.78. The van der Waals surface area contributed by atoms with Gasteiger partial charge in [-0.05, 0) is 23.3 Å². The predicted octanol–water partition coefficient (Wildman–Crippen LogP) is 2.23. The van der Waals surface area contributed by atoms with E-state index in [1.54, 1.807) is 7.11 Å². The highest BCUT2D eigenvalue weighted by atomic mass is 16.5. The number of carbonyl (C=O) groups is 1. The lowest BCUT2D eigenvalue weighted by atomic mass is 9.88. The number of aromatic amines is 1. The minimum Gasteiger partial charge on any atom is -0.497 e. The van der Waals surface area contributed by atoms with Gasteiger partial charge in [-0.2, -0.15) is 4.98 Å². The van der Waals surface area contributed by atoms with Crippen LogP contribution in [0.4, 0.5) is 5.95 Å². The number of hydrogen-bond acceptors (Lipinski definition) is 5. The van der Waals surface area contributed by atoms with Crippen molar-refractivity contribution in [3.63, 3.8) is 0 Å². The molecule has 0 aliphatic carbocycles. The number of nitrogen functional groups attached to an aromatic ring is 1. The summed E-state index contributed by atoms with van der Waals surface area (Å²) < 4.78 is 5.22. The van der Waals surface area contributed by atoms with Crippen molar-refractivity contribution >= 4 is 11.9 Å². The molecule has 0 fully saturated rings. The van der Waals surface area contributed by atoms with Gasteiger partial charge in [0.05, 0.1) is 13.7 Å². The van der Waals surface area contributed by atoms with E-state index in [0.29, 0.717) is 12.2 Å². The summed E-state index contributed by atoms with van der Waals surface area (Å²) in [6.07, 6.45) is 0.319. The molecule has 0 unspecified atom stereocenters. The van der Waals surface area contributed by atoms with E-state index in [1.165, 1.54) is 0 Å². The van der Waals surface area contributed by atoms with Gasteiger partial charge in [0.1, 0.15) is 11.6 Å². The molecule has 0 radical (unpaired) electrons. The number of anilines is 1. The molecular weight excluding hydrogens is 330 g/mol. The number of H-pyrrole nitrogens is 1. The molecular formula is C19H21N5O2. The van der Waals surface area contributed by atoms with Crippen molar-refractivity contribution < 1.29 is 9.53 Å². The van der Waals surface area contributed by atoms with Crippen molar-refractivity contribution in [3.8, 4) is 5.75 Å². The van der Waals surface area contributed by atoms with Crippen LogP contribution in [0.1, 0.15) is 29.3 Å². The second-order valence-corrected chi connectivity index (χ2v) is 5.86. The Bertz CT molecular complexity index is 846. The lowest BCUT2D eigenvalue weighted by molar-refractivity contribution is -0.121. The molecule has 0 aliphatic rings. The zero-order valence-electron chi connectivity index (χ0n) is 14.5. The molecule has 1 aromatic heterocycles. The lowest BCUT2D eigenvalue weighted by Gasteiger charge is -2.18. The number of ether oxygens (including phenoxy) is 1. The Morgan fingerprint density at radius 2 is 1.85 bits per heavy atom. The summed E-state index contributed by atoms with van der Waals surface area (Å²) in [4.78, 5) is 16.5. The van der Waals surface area contributed by atoms with Gasteiger partial charge in [-0.1, -0.05) is 42.5 Å². The van der Waals surface area contributed by atoms with Crippen LogP contribution in [-0.4, -0.2) is 28.2 Å². The highest BCUT2D eigenvalue weighted by molar-refractivity contribution is 5.77. The van der Waals surface area contributed by atoms with E-state index in [2.05, 4.69) is 20.5 Å². The third-order valence-electron chi connectivity index (χ3n) is 4.11. The molecule has 1 amide bonds. The maximum absolute atomic E-state index is 12.5. The standard InChI is InChI=1S/C19H21N5O2/c1-26-15-9-7-14(8-10-15)16(13-5-3-2-4-6-13)11-18(25)21-12-17-22-19(20)24-23-17/h2-10,16H,11-12H2,1H3,(H,21,25)(H3,20,22,23,24)/t16-/m1/s1. The molecule has 2 aromatic carbocycles. The average molecular weight is 351 g/mol. The first-order valence-corrected chi connectivity index (χ1v) is 8.28. The first-order valence-electron chi connectivity index (χ1n) is 8.28. The molecule has 1 heterocycles. The Morgan fingerprint density at radius 1 is 1.15 bits per heavy atom. The van der Waals surface area contributed by atoms with Crippen molar-refractivity contribution in [1.82, 2.24) is 20.5 Å². The van der Waals surface area contributed by atoms with Crippen LogP contribution in [0, 0.1) is 0 Å². The monoisotopic (exact) mass is 351 g/mol. The largest absolute Gasteiger partial charge is 0.497 e. The molecule has 134 valence electrons. The highest BCUT2D eigenvalue weighted by Gasteiger charge is 2.18. The Morgan fingerprint density at radius 3 is 2.46 bits per heavy atom. The van der Waals surface area contributed by atoms with Crippen LogP contribution in [0.5, 0.6) is 5.75 Å². The van der Waals surface area contributed by atoms with Crippen LogP contribution in [0.3, 0.4) is 0 Å². The van der Waals surface area contributed by atoms with Crippen LogP contribution < -0.4 is 15.8 Å². The van der Waals surface area contributed by atoms with Gasteiger partial charge in [-0.25, -0.2) is 0 Å². The van der Waals surface area contributed by atoms with Gasteiger partial charge in [0.2, 0.25) is 11.9 Å². The summed E-state index contributed by atoms with van der Waals surface area (Å²) in [5.41, 5.74) is 7.60. The molecule has 1 atom stereocenters. The maximum Gasteiger partial charge on any atom is 0.239 e. The molecule has 4 N–H and O–H groups in total. The van der Waals surface area contributed by atoms with Crippen molar-refractivity contribution in [2.75, 3.05) is 12.8 Å². The third-order valence-corrected chi connectivity index (χ3v) is 4.11. The number of nitrogens with zero attached hydrogens (tertiary/aromatic N) is 2. The highest BCUT2D eigenvalue weighted by Crippen LogP contribution is 2.29. The van der Waals surface area contributed by atoms with Gasteiger partial charge in [0.25, 0.3) is 0 Å². The molecule has 7 heteroatoms. The van der Waals surface area contributed by atoms with E-state index in [9.17, 15) is 4.79 Å². The van der Waals surface area contributed by atoms with Gasteiger partial charge >= 0.3 is 0 Å². The van der Waals surface area contributed by atoms with Crippen molar-refractivity contribution in [2.24, 2.45) is 0 Å². The molecule has 7 nitrogen and oxygen atoms in total. The lowest BCUT2D eigenvalue weighted by Crippen LogP contribution is -2.25. The zero-order chi connectivity index (χ0) is 18.4. The summed E-state index contributed by atoms with van der Waals surface area (Å²) in [6, 6.07) is 17.7. The van der Waals surface area contributed by atoms with Crippen molar-refractivity contribution in [1.29, 1.82) is 0 Å². The van der Waals surface area contributed by atoms with Crippen LogP contribution in [-0.2, 0) is 11.3 Å². The summed E-state index contributed by atoms with van der Waals surface area (Å²) in [5.74, 6) is 1.34. The van der Waals surface area contributed by atoms with Gasteiger partial charge in [-0.15, -0.1) is 5.10 Å². The normalized spacial score (nSPS) is 11.7. The number of amides is 1. The fourth-order valence-corrected chi connectivity index (χ4v) is 2.78. The van der Waals surface area contributed by atoms with E-state index < -0.39 is 0 Å². The second kappa shape index (κ2) is 8.15. The van der Waals surface area contributed by atoms with Gasteiger partial charge in [-0.3, -0.25) is 9.89 Å². The van der Waals surface area contributed by atoms with E-state index >= 15 is 0 Å². The Labute approximate surface area is 151 Å².